The Kier molecular flexibility index (Phi) is 15.1. The van der Waals surface area contributed by atoms with Crippen LogP contribution in [-0.2, 0) is 38.4 Å². The molecule has 324 valence electrons. The number of nitrogens with one attached hydrogen (secondary N) is 2. The molecule has 7 rings (SSSR count). The third kappa shape index (κ3) is 11.4. The molecule has 1 aliphatic carbocycles. The lowest BCUT2D eigenvalue weighted by molar-refractivity contribution is -0.135. The number of hydrogen-bond donors (Lipinski definition) is 3. The number of phenols is 1. The number of nitrogens with zero attached hydrogens (tertiary/aromatic N) is 4. The number of likely N-dealkylation sites (tertiary alicyclic amines) is 1. The van der Waals surface area contributed by atoms with E-state index in [4.69, 9.17) is 14.2 Å². The van der Waals surface area contributed by atoms with Crippen LogP contribution in [-0.4, -0.2) is 126 Å². The van der Waals surface area contributed by atoms with Gasteiger partial charge in [0.05, 0.1) is 44.0 Å². The van der Waals surface area contributed by atoms with E-state index in [1.165, 1.54) is 17.5 Å². The van der Waals surface area contributed by atoms with Gasteiger partial charge < -0.3 is 39.8 Å². The lowest BCUT2D eigenvalue weighted by Crippen LogP contribution is -2.57. The summed E-state index contributed by atoms with van der Waals surface area (Å²) in [6, 6.07) is 16.3. The Morgan fingerprint density at radius 1 is 1.02 bits per heavy atom. The molecule has 60 heavy (non-hydrogen) atoms. The molecule has 0 radical (unpaired) electrons. The standard InChI is InChI=1S/C47H64N6O7/c1-34(2)40-13-11-38(30-49-40)46(57)52-25-28-60-47(33-52)18-22-51(23-19-47)31-36-8-6-7-35(29-36)16-26-58-27-17-43(56)53(39-9-4-3-5-10-39)24-21-48-20-15-37-12-14-41(54)44-45(37)59-32-42(55)50-44/h6-8,11-14,29-30,34,39,48,54H,3-5,9-10,15-28,31-33H2,1-2H3,(H,50,55). The van der Waals surface area contributed by atoms with Crippen LogP contribution in [0.1, 0.15) is 104 Å². The fraction of sp³-hybridized carbons (Fsp3) is 0.574. The molecule has 4 aliphatic rings. The number of ether oxygens (including phenoxy) is 3. The lowest BCUT2D eigenvalue weighted by Gasteiger charge is -2.47. The van der Waals surface area contributed by atoms with Crippen molar-refractivity contribution in [2.45, 2.75) is 102 Å². The Hall–Kier alpha value is -4.56. The van der Waals surface area contributed by atoms with Crippen LogP contribution in [0.2, 0.25) is 0 Å². The maximum absolute atomic E-state index is 13.6. The van der Waals surface area contributed by atoms with Crippen LogP contribution in [0.4, 0.5) is 5.69 Å². The Morgan fingerprint density at radius 2 is 1.83 bits per heavy atom. The van der Waals surface area contributed by atoms with Gasteiger partial charge in [0.25, 0.3) is 11.8 Å². The third-order valence-corrected chi connectivity index (χ3v) is 12.6. The van der Waals surface area contributed by atoms with E-state index >= 15 is 0 Å². The van der Waals surface area contributed by atoms with Crippen molar-refractivity contribution in [3.05, 3.63) is 82.7 Å². The molecular weight excluding hydrogens is 761 g/mol. The van der Waals surface area contributed by atoms with Crippen LogP contribution >= 0.6 is 0 Å². The number of piperidine rings is 1. The highest BCUT2D eigenvalue weighted by Gasteiger charge is 2.41. The molecule has 2 saturated heterocycles. The average Bonchev–Trinajstić information content (AvgIpc) is 3.26. The van der Waals surface area contributed by atoms with Crippen molar-refractivity contribution in [1.29, 1.82) is 0 Å². The van der Waals surface area contributed by atoms with Crippen LogP contribution in [0.15, 0.2) is 54.7 Å². The van der Waals surface area contributed by atoms with Gasteiger partial charge in [-0.1, -0.05) is 63.4 Å². The molecule has 3 N–H and O–H groups in total. The number of pyridine rings is 1. The molecule has 2 aromatic carbocycles. The van der Waals surface area contributed by atoms with Crippen molar-refractivity contribution in [2.75, 3.05) is 77.6 Å². The van der Waals surface area contributed by atoms with Crippen LogP contribution in [0.5, 0.6) is 11.5 Å². The van der Waals surface area contributed by atoms with E-state index in [0.717, 1.165) is 75.8 Å². The molecular formula is C47H64N6O7. The average molecular weight is 825 g/mol. The highest BCUT2D eigenvalue weighted by atomic mass is 16.5. The van der Waals surface area contributed by atoms with Gasteiger partial charge in [-0.2, -0.15) is 0 Å². The normalized spacial score (nSPS) is 18.2. The molecule has 3 amide bonds. The molecule has 0 atom stereocenters. The van der Waals surface area contributed by atoms with E-state index in [0.29, 0.717) is 88.3 Å². The number of anilines is 1. The summed E-state index contributed by atoms with van der Waals surface area (Å²) in [6.45, 7) is 11.6. The molecule has 0 unspecified atom stereocenters. The van der Waals surface area contributed by atoms with Crippen molar-refractivity contribution in [3.8, 4) is 11.5 Å². The summed E-state index contributed by atoms with van der Waals surface area (Å²) in [4.78, 5) is 49.7. The first kappa shape index (κ1) is 43.5. The zero-order chi connectivity index (χ0) is 41.9. The predicted octanol–water partition coefficient (Wildman–Crippen LogP) is 5.69. The lowest BCUT2D eigenvalue weighted by atomic mass is 9.89. The summed E-state index contributed by atoms with van der Waals surface area (Å²) in [6.07, 6.45) is 10.9. The van der Waals surface area contributed by atoms with Crippen molar-refractivity contribution < 1.29 is 33.7 Å². The zero-order valence-electron chi connectivity index (χ0n) is 35.6. The van der Waals surface area contributed by atoms with Crippen molar-refractivity contribution >= 4 is 23.4 Å². The van der Waals surface area contributed by atoms with Gasteiger partial charge in [-0.15, -0.1) is 0 Å². The van der Waals surface area contributed by atoms with Gasteiger partial charge in [-0.05, 0) is 85.9 Å². The Morgan fingerprint density at radius 3 is 2.62 bits per heavy atom. The van der Waals surface area contributed by atoms with Crippen LogP contribution < -0.4 is 15.4 Å². The maximum atomic E-state index is 13.6. The molecule has 1 spiro atoms. The molecule has 13 heteroatoms. The minimum Gasteiger partial charge on any atom is -0.506 e. The summed E-state index contributed by atoms with van der Waals surface area (Å²) in [5, 5.41) is 16.3. The zero-order valence-corrected chi connectivity index (χ0v) is 35.6. The van der Waals surface area contributed by atoms with Crippen LogP contribution in [0.25, 0.3) is 0 Å². The SMILES string of the molecule is CC(C)c1ccc(C(=O)N2CCOC3(CCN(Cc4cccc(CCOCCC(=O)N(CCNCCc5ccc(O)c6c5OCC(=O)N6)C5CCCCC5)c4)CC3)C2)cn1. The smallest absolute Gasteiger partial charge is 0.262 e. The fourth-order valence-electron chi connectivity index (χ4n) is 9.09. The molecule has 13 nitrogen and oxygen atoms in total. The molecule has 4 heterocycles. The van der Waals surface area contributed by atoms with Crippen molar-refractivity contribution in [3.63, 3.8) is 0 Å². The monoisotopic (exact) mass is 824 g/mol. The van der Waals surface area contributed by atoms with E-state index in [1.807, 2.05) is 23.1 Å². The molecule has 3 aliphatic heterocycles. The highest BCUT2D eigenvalue weighted by Crippen LogP contribution is 2.39. The second-order valence-electron chi connectivity index (χ2n) is 17.3. The van der Waals surface area contributed by atoms with Crippen LogP contribution in [0.3, 0.4) is 0 Å². The second-order valence-corrected chi connectivity index (χ2v) is 17.3. The first-order valence-corrected chi connectivity index (χ1v) is 22.2. The topological polar surface area (TPSA) is 146 Å². The summed E-state index contributed by atoms with van der Waals surface area (Å²) < 4.78 is 18.1. The van der Waals surface area contributed by atoms with Gasteiger partial charge in [0, 0.05) is 57.2 Å². The maximum Gasteiger partial charge on any atom is 0.262 e. The summed E-state index contributed by atoms with van der Waals surface area (Å²) >= 11 is 0. The number of carbonyl (C=O) groups excluding carboxylic acids is 3. The number of amides is 3. The molecule has 1 aromatic heterocycles. The first-order valence-electron chi connectivity index (χ1n) is 22.2. The molecule has 3 fully saturated rings. The minimum absolute atomic E-state index is 0.00475. The number of hydrogen-bond acceptors (Lipinski definition) is 10. The number of aromatic nitrogens is 1. The van der Waals surface area contributed by atoms with Gasteiger partial charge in [0.15, 0.2) is 12.4 Å². The fourth-order valence-corrected chi connectivity index (χ4v) is 9.09. The van der Waals surface area contributed by atoms with Crippen molar-refractivity contribution in [2.24, 2.45) is 0 Å². The summed E-state index contributed by atoms with van der Waals surface area (Å²) in [7, 11) is 0. The number of aromatic hydroxyl groups is 1. The Labute approximate surface area is 355 Å². The number of morpholine rings is 1. The molecule has 1 saturated carbocycles. The number of fused-ring (bicyclic) bond motifs is 1. The van der Waals surface area contributed by atoms with E-state index in [9.17, 15) is 19.5 Å². The summed E-state index contributed by atoms with van der Waals surface area (Å²) in [5.41, 5.74) is 5.09. The number of benzene rings is 2. The van der Waals surface area contributed by atoms with Gasteiger partial charge in [0.1, 0.15) is 11.4 Å². The quantitative estimate of drug-likeness (QED) is 0.115. The van der Waals surface area contributed by atoms with Gasteiger partial charge in [-0.25, -0.2) is 0 Å². The second kappa shape index (κ2) is 20.8. The van der Waals surface area contributed by atoms with E-state index in [-0.39, 0.29) is 41.7 Å². The Balaban J connectivity index is 0.810. The van der Waals surface area contributed by atoms with Crippen LogP contribution in [0, 0.1) is 0 Å². The van der Waals surface area contributed by atoms with E-state index in [1.54, 1.807) is 12.3 Å². The largest absolute Gasteiger partial charge is 0.506 e. The first-order chi connectivity index (χ1) is 29.2. The number of phenolic OH excluding ortho intramolecular Hbond substituents is 1. The number of rotatable bonds is 17. The minimum atomic E-state index is -0.296. The molecule has 3 aromatic rings. The highest BCUT2D eigenvalue weighted by molar-refractivity contribution is 5.97. The predicted molar refractivity (Wildman–Crippen MR) is 230 cm³/mol. The third-order valence-electron chi connectivity index (χ3n) is 12.6. The van der Waals surface area contributed by atoms with Gasteiger partial charge >= 0.3 is 0 Å². The van der Waals surface area contributed by atoms with E-state index in [2.05, 4.69) is 63.5 Å². The van der Waals surface area contributed by atoms with E-state index < -0.39 is 0 Å². The van der Waals surface area contributed by atoms with Gasteiger partial charge in [0.2, 0.25) is 5.91 Å². The Bertz CT molecular complexity index is 1910. The van der Waals surface area contributed by atoms with Gasteiger partial charge in [-0.3, -0.25) is 24.3 Å². The number of carbonyl (C=O) groups is 3. The van der Waals surface area contributed by atoms with Crippen molar-refractivity contribution in [1.82, 2.24) is 25.0 Å². The summed E-state index contributed by atoms with van der Waals surface area (Å²) in [5.74, 6) is 0.754. The molecule has 0 bridgehead atoms.